The highest BCUT2D eigenvalue weighted by Gasteiger charge is 2.40. The zero-order valence-electron chi connectivity index (χ0n) is 15.0. The van der Waals surface area contributed by atoms with Crippen LogP contribution in [0.15, 0.2) is 52.4 Å². The van der Waals surface area contributed by atoms with Gasteiger partial charge in [-0.2, -0.15) is 0 Å². The highest BCUT2D eigenvalue weighted by Crippen LogP contribution is 2.41. The van der Waals surface area contributed by atoms with E-state index in [0.717, 1.165) is 18.2 Å². The molecular weight excluding hydrogens is 487 g/mol. The monoisotopic (exact) mass is 502 g/mol. The second-order valence-electron chi connectivity index (χ2n) is 6.40. The van der Waals surface area contributed by atoms with E-state index in [9.17, 15) is 22.9 Å². The van der Waals surface area contributed by atoms with Crippen LogP contribution in [0.25, 0.3) is 0 Å². The number of para-hydroxylation sites is 1. The molecule has 0 bridgehead atoms. The van der Waals surface area contributed by atoms with Crippen molar-refractivity contribution in [1.29, 1.82) is 0 Å². The molecule has 3 N–H and O–H groups in total. The maximum atomic E-state index is 14.6. The molecule has 3 rings (SSSR count). The average molecular weight is 503 g/mol. The Labute approximate surface area is 179 Å². The highest BCUT2D eigenvalue weighted by atomic mass is 79.9. The fourth-order valence-corrected chi connectivity index (χ4v) is 5.77. The first-order valence-electron chi connectivity index (χ1n) is 8.23. The van der Waals surface area contributed by atoms with Crippen LogP contribution >= 0.6 is 27.7 Å². The third kappa shape index (κ3) is 4.23. The Balaban J connectivity index is 2.03. The number of aliphatic imine (C=N–C) groups is 1. The van der Waals surface area contributed by atoms with Crippen LogP contribution in [-0.4, -0.2) is 29.1 Å². The molecule has 0 spiro atoms. The van der Waals surface area contributed by atoms with Gasteiger partial charge in [0.25, 0.3) is 15.7 Å². The van der Waals surface area contributed by atoms with E-state index < -0.39 is 36.9 Å². The molecule has 2 aromatic carbocycles. The first-order chi connectivity index (χ1) is 13.5. The van der Waals surface area contributed by atoms with Crippen LogP contribution in [0.4, 0.5) is 15.8 Å². The third-order valence-corrected chi connectivity index (χ3v) is 8.40. The van der Waals surface area contributed by atoms with Crippen molar-refractivity contribution in [3.8, 4) is 0 Å². The summed E-state index contributed by atoms with van der Waals surface area (Å²) < 4.78 is 42.4. The van der Waals surface area contributed by atoms with Gasteiger partial charge in [0, 0.05) is 23.1 Å². The Morgan fingerprint density at radius 2 is 2.07 bits per heavy atom. The topological polar surface area (TPSA) is 128 Å². The van der Waals surface area contributed by atoms with Gasteiger partial charge in [-0.25, -0.2) is 12.8 Å². The highest BCUT2D eigenvalue weighted by molar-refractivity contribution is 9.09. The number of sulfonamides is 1. The van der Waals surface area contributed by atoms with Crippen molar-refractivity contribution in [3.63, 3.8) is 0 Å². The SMILES string of the molecule is C[C@]1(c2cc(NS(=O)(=O)c3ccccc3[N+](=O)[O-])ccc2F)N=C(N)SC[C@@H]1Br. The predicted octanol–water partition coefficient (Wildman–Crippen LogP) is 3.57. The molecule has 0 radical (unpaired) electrons. The van der Waals surface area contributed by atoms with E-state index in [1.165, 1.54) is 36.0 Å². The van der Waals surface area contributed by atoms with Gasteiger partial charge in [0.05, 0.1) is 9.75 Å². The largest absolute Gasteiger partial charge is 0.379 e. The lowest BCUT2D eigenvalue weighted by atomic mass is 9.89. The normalized spacial score (nSPS) is 22.0. The van der Waals surface area contributed by atoms with E-state index in [1.54, 1.807) is 6.92 Å². The summed E-state index contributed by atoms with van der Waals surface area (Å²) >= 11 is 4.82. The minimum Gasteiger partial charge on any atom is -0.379 e. The van der Waals surface area contributed by atoms with Gasteiger partial charge in [-0.15, -0.1) is 0 Å². The van der Waals surface area contributed by atoms with Gasteiger partial charge in [0.1, 0.15) is 11.4 Å². The number of hydrogen-bond acceptors (Lipinski definition) is 7. The van der Waals surface area contributed by atoms with Crippen molar-refractivity contribution < 1.29 is 17.7 Å². The number of nitrogens with one attached hydrogen (secondary N) is 1. The number of nitro groups is 1. The molecule has 0 fully saturated rings. The number of nitrogens with two attached hydrogens (primary N) is 1. The number of hydrogen-bond donors (Lipinski definition) is 2. The maximum absolute atomic E-state index is 14.6. The number of nitrogens with zero attached hydrogens (tertiary/aromatic N) is 2. The quantitative estimate of drug-likeness (QED) is 0.365. The van der Waals surface area contributed by atoms with Gasteiger partial charge in [-0.1, -0.05) is 39.8 Å². The molecule has 2 atom stereocenters. The fraction of sp³-hybridized carbons (Fsp3) is 0.235. The number of halogens is 2. The number of thioether (sulfide) groups is 1. The Kier molecular flexibility index (Phi) is 5.88. The molecule has 0 aliphatic carbocycles. The van der Waals surface area contributed by atoms with Gasteiger partial charge < -0.3 is 5.73 Å². The third-order valence-electron chi connectivity index (χ3n) is 4.45. The first kappa shape index (κ1) is 21.5. The number of nitro benzene ring substituents is 1. The summed E-state index contributed by atoms with van der Waals surface area (Å²) in [6.45, 7) is 1.69. The van der Waals surface area contributed by atoms with Gasteiger partial charge in [-0.05, 0) is 31.2 Å². The molecule has 12 heteroatoms. The summed E-state index contributed by atoms with van der Waals surface area (Å²) in [5.74, 6) is -0.0219. The standard InChI is InChI=1S/C17H16BrFN4O4S2/c1-17(15(18)9-28-16(20)21-17)11-8-10(6-7-12(11)19)22-29(26,27)14-5-3-2-4-13(14)23(24)25/h2-8,15,22H,9H2,1H3,(H2,20,21)/t15-,17+/m0/s1. The van der Waals surface area contributed by atoms with E-state index in [4.69, 9.17) is 5.73 Å². The number of alkyl halides is 1. The molecule has 0 amide bonds. The van der Waals surface area contributed by atoms with Gasteiger partial charge in [0.2, 0.25) is 0 Å². The summed E-state index contributed by atoms with van der Waals surface area (Å²) in [6, 6.07) is 8.65. The molecule has 29 heavy (non-hydrogen) atoms. The predicted molar refractivity (Wildman–Crippen MR) is 114 cm³/mol. The average Bonchev–Trinajstić information content (AvgIpc) is 2.66. The molecule has 1 heterocycles. The van der Waals surface area contributed by atoms with Gasteiger partial charge in [0.15, 0.2) is 10.1 Å². The Morgan fingerprint density at radius 3 is 2.76 bits per heavy atom. The Morgan fingerprint density at radius 1 is 1.38 bits per heavy atom. The van der Waals surface area contributed by atoms with Crippen molar-refractivity contribution in [2.24, 2.45) is 10.7 Å². The minimum absolute atomic E-state index is 0.0486. The van der Waals surface area contributed by atoms with Crippen molar-refractivity contribution in [3.05, 3.63) is 64.0 Å². The lowest BCUT2D eigenvalue weighted by Gasteiger charge is -2.35. The lowest BCUT2D eigenvalue weighted by molar-refractivity contribution is -0.387. The smallest absolute Gasteiger partial charge is 0.289 e. The molecule has 154 valence electrons. The first-order valence-corrected chi connectivity index (χ1v) is 11.6. The fourth-order valence-electron chi connectivity index (χ4n) is 2.90. The summed E-state index contributed by atoms with van der Waals surface area (Å²) in [5.41, 5.74) is 4.39. The number of rotatable bonds is 5. The number of anilines is 1. The minimum atomic E-state index is -4.28. The molecule has 0 saturated heterocycles. The summed E-state index contributed by atoms with van der Waals surface area (Å²) in [5, 5.41) is 11.5. The zero-order valence-corrected chi connectivity index (χ0v) is 18.2. The van der Waals surface area contributed by atoms with Crippen molar-refractivity contribution in [2.45, 2.75) is 22.2 Å². The molecule has 0 saturated carbocycles. The second-order valence-corrected chi connectivity index (χ2v) is 10.2. The van der Waals surface area contributed by atoms with Crippen LogP contribution < -0.4 is 10.5 Å². The van der Waals surface area contributed by atoms with Crippen molar-refractivity contribution in [1.82, 2.24) is 0 Å². The molecule has 8 nitrogen and oxygen atoms in total. The van der Waals surface area contributed by atoms with Gasteiger partial charge in [-0.3, -0.25) is 19.8 Å². The van der Waals surface area contributed by atoms with E-state index >= 15 is 0 Å². The van der Waals surface area contributed by atoms with Crippen LogP contribution in [0, 0.1) is 15.9 Å². The number of benzene rings is 2. The molecule has 1 aliphatic rings. The van der Waals surface area contributed by atoms with E-state index in [-0.39, 0.29) is 16.1 Å². The molecule has 1 aliphatic heterocycles. The van der Waals surface area contributed by atoms with Crippen LogP contribution in [0.2, 0.25) is 0 Å². The van der Waals surface area contributed by atoms with Crippen molar-refractivity contribution >= 4 is 54.3 Å². The van der Waals surface area contributed by atoms with Crippen molar-refractivity contribution in [2.75, 3.05) is 10.5 Å². The van der Waals surface area contributed by atoms with Crippen LogP contribution in [0.5, 0.6) is 0 Å². The number of amidine groups is 1. The molecular formula is C17H16BrFN4O4S2. The Hall–Kier alpha value is -2.18. The Bertz CT molecular complexity index is 1110. The molecule has 0 unspecified atom stereocenters. The van der Waals surface area contributed by atoms with E-state index in [2.05, 4.69) is 25.6 Å². The molecule has 0 aromatic heterocycles. The second kappa shape index (κ2) is 7.92. The lowest BCUT2D eigenvalue weighted by Crippen LogP contribution is -2.39. The summed E-state index contributed by atoms with van der Waals surface area (Å²) in [4.78, 5) is 14.0. The van der Waals surface area contributed by atoms with Crippen LogP contribution in [0.3, 0.4) is 0 Å². The summed E-state index contributed by atoms with van der Waals surface area (Å²) in [6.07, 6.45) is 0. The van der Waals surface area contributed by atoms with E-state index in [1.807, 2.05) is 0 Å². The zero-order chi connectivity index (χ0) is 21.4. The van der Waals surface area contributed by atoms with Crippen LogP contribution in [0.1, 0.15) is 12.5 Å². The van der Waals surface area contributed by atoms with Crippen LogP contribution in [-0.2, 0) is 15.6 Å². The maximum Gasteiger partial charge on any atom is 0.289 e. The summed E-state index contributed by atoms with van der Waals surface area (Å²) in [7, 11) is -4.28. The van der Waals surface area contributed by atoms with E-state index in [0.29, 0.717) is 10.9 Å². The molecule has 2 aromatic rings. The van der Waals surface area contributed by atoms with Gasteiger partial charge >= 0.3 is 0 Å².